The number of fused-ring (bicyclic) bond motifs is 1. The normalized spacial score (nSPS) is 11.9. The summed E-state index contributed by atoms with van der Waals surface area (Å²) >= 11 is 0. The number of aromatic carboxylic acids is 1. The molecule has 1 atom stereocenters. The second-order valence-corrected chi connectivity index (χ2v) is 8.14. The predicted molar refractivity (Wildman–Crippen MR) is 129 cm³/mol. The van der Waals surface area contributed by atoms with Crippen LogP contribution in [0.25, 0.3) is 22.0 Å². The molecule has 0 saturated carbocycles. The average molecular weight is 461 g/mol. The zero-order valence-corrected chi connectivity index (χ0v) is 19.2. The van der Waals surface area contributed by atoms with E-state index in [0.29, 0.717) is 27.7 Å². The molecule has 0 aliphatic heterocycles. The number of rotatable bonds is 6. The van der Waals surface area contributed by atoms with Crippen molar-refractivity contribution in [3.05, 3.63) is 87.6 Å². The Labute approximate surface area is 195 Å². The number of carboxylic acids is 1. The number of halogens is 1. The van der Waals surface area contributed by atoms with Gasteiger partial charge in [0.25, 0.3) is 5.56 Å². The van der Waals surface area contributed by atoms with E-state index in [2.05, 4.69) is 10.3 Å². The molecule has 2 N–H and O–H groups in total. The fourth-order valence-electron chi connectivity index (χ4n) is 4.14. The molecule has 0 aliphatic rings. The highest BCUT2D eigenvalue weighted by atomic mass is 19.1. The Morgan fingerprint density at radius 1 is 1.18 bits per heavy atom. The summed E-state index contributed by atoms with van der Waals surface area (Å²) in [7, 11) is 2.97. The molecule has 0 amide bonds. The molecule has 0 fully saturated rings. The number of hydrogen-bond acceptors (Lipinski definition) is 5. The van der Waals surface area contributed by atoms with Gasteiger partial charge in [-0.2, -0.15) is 0 Å². The predicted octanol–water partition coefficient (Wildman–Crippen LogP) is 4.93. The van der Waals surface area contributed by atoms with Gasteiger partial charge in [0.2, 0.25) is 5.88 Å². The molecule has 0 bridgehead atoms. The molecule has 0 radical (unpaired) electrons. The van der Waals surface area contributed by atoms with E-state index in [4.69, 9.17) is 4.74 Å². The van der Waals surface area contributed by atoms with E-state index in [-0.39, 0.29) is 23.0 Å². The highest BCUT2D eigenvalue weighted by Gasteiger charge is 2.18. The highest BCUT2D eigenvalue weighted by molar-refractivity contribution is 5.94. The summed E-state index contributed by atoms with van der Waals surface area (Å²) in [5.74, 6) is -1.78. The van der Waals surface area contributed by atoms with Crippen molar-refractivity contribution in [3.8, 4) is 17.1 Å². The number of para-hydroxylation sites is 1. The number of carbonyl (C=O) groups is 1. The van der Waals surface area contributed by atoms with Gasteiger partial charge in [-0.25, -0.2) is 14.2 Å². The highest BCUT2D eigenvalue weighted by Crippen LogP contribution is 2.31. The Morgan fingerprint density at radius 3 is 2.59 bits per heavy atom. The number of carboxylic acid groups (broad SMARTS) is 1. The van der Waals surface area contributed by atoms with Crippen molar-refractivity contribution >= 4 is 22.4 Å². The number of ether oxygens (including phenoxy) is 1. The van der Waals surface area contributed by atoms with E-state index in [1.165, 1.54) is 30.0 Å². The van der Waals surface area contributed by atoms with Crippen LogP contribution in [0.5, 0.6) is 5.88 Å². The van der Waals surface area contributed by atoms with Crippen molar-refractivity contribution in [2.45, 2.75) is 19.9 Å². The first kappa shape index (κ1) is 23.0. The minimum absolute atomic E-state index is 0.124. The van der Waals surface area contributed by atoms with Crippen LogP contribution in [0.3, 0.4) is 0 Å². The van der Waals surface area contributed by atoms with Gasteiger partial charge in [0.15, 0.2) is 5.82 Å². The van der Waals surface area contributed by atoms with Crippen molar-refractivity contribution in [3.63, 3.8) is 0 Å². The maximum absolute atomic E-state index is 14.4. The summed E-state index contributed by atoms with van der Waals surface area (Å²) in [5, 5.41) is 14.0. The largest absolute Gasteiger partial charge is 0.479 e. The molecular weight excluding hydrogens is 437 g/mol. The summed E-state index contributed by atoms with van der Waals surface area (Å²) in [4.78, 5) is 28.9. The Bertz CT molecular complexity index is 1480. The van der Waals surface area contributed by atoms with Crippen molar-refractivity contribution in [1.82, 2.24) is 9.55 Å². The van der Waals surface area contributed by atoms with Gasteiger partial charge in [-0.15, -0.1) is 0 Å². The lowest BCUT2D eigenvalue weighted by atomic mass is 9.96. The van der Waals surface area contributed by atoms with Gasteiger partial charge in [-0.1, -0.05) is 18.2 Å². The van der Waals surface area contributed by atoms with Crippen molar-refractivity contribution in [2.75, 3.05) is 12.4 Å². The summed E-state index contributed by atoms with van der Waals surface area (Å²) in [6, 6.07) is 13.2. The average Bonchev–Trinajstić information content (AvgIpc) is 2.81. The molecule has 8 heteroatoms. The Balaban J connectivity index is 1.89. The van der Waals surface area contributed by atoms with Crippen LogP contribution < -0.4 is 15.6 Å². The molecule has 34 heavy (non-hydrogen) atoms. The zero-order chi connectivity index (χ0) is 24.6. The molecular formula is C26H24FN3O4. The first-order valence-corrected chi connectivity index (χ1v) is 10.6. The van der Waals surface area contributed by atoms with Gasteiger partial charge in [-0.05, 0) is 60.7 Å². The number of anilines is 1. The van der Waals surface area contributed by atoms with E-state index < -0.39 is 11.8 Å². The third kappa shape index (κ3) is 4.10. The summed E-state index contributed by atoms with van der Waals surface area (Å²) < 4.78 is 20.7. The second-order valence-electron chi connectivity index (χ2n) is 8.14. The maximum Gasteiger partial charge on any atom is 0.337 e. The van der Waals surface area contributed by atoms with Crippen LogP contribution in [0.1, 0.15) is 34.5 Å². The SMILES string of the molecule is COc1ncc(-c2cc3c([C@H](C)Nc4ccccc4C(=O)O)cc(C)cc3c(=O)n2C)cc1F. The molecule has 2 aromatic heterocycles. The number of benzene rings is 2. The number of methoxy groups -OCH3 is 1. The number of nitrogens with zero attached hydrogens (tertiary/aromatic N) is 2. The monoisotopic (exact) mass is 461 g/mol. The van der Waals surface area contributed by atoms with Crippen LogP contribution in [-0.4, -0.2) is 27.7 Å². The standard InChI is InChI=1S/C26H24FN3O4/c1-14-9-18(15(2)29-22-8-6-5-7-17(22)26(32)33)19-12-23(30(3)25(31)20(19)10-14)16-11-21(27)24(34-4)28-13-16/h5-13,15,29H,1-4H3,(H,32,33)/t15-/m0/s1. The summed E-state index contributed by atoms with van der Waals surface area (Å²) in [6.45, 7) is 3.80. The van der Waals surface area contributed by atoms with Crippen molar-refractivity contribution in [2.24, 2.45) is 7.05 Å². The molecule has 174 valence electrons. The van der Waals surface area contributed by atoms with Crippen LogP contribution in [0.2, 0.25) is 0 Å². The minimum Gasteiger partial charge on any atom is -0.479 e. The topological polar surface area (TPSA) is 93.5 Å². The quantitative estimate of drug-likeness (QED) is 0.423. The summed E-state index contributed by atoms with van der Waals surface area (Å²) in [6.07, 6.45) is 1.46. The first-order chi connectivity index (χ1) is 16.2. The summed E-state index contributed by atoms with van der Waals surface area (Å²) in [5.41, 5.74) is 3.04. The molecule has 2 heterocycles. The lowest BCUT2D eigenvalue weighted by molar-refractivity contribution is 0.0698. The Hall–Kier alpha value is -4.20. The van der Waals surface area contributed by atoms with Gasteiger partial charge in [0, 0.05) is 35.9 Å². The van der Waals surface area contributed by atoms with Crippen LogP contribution in [-0.2, 0) is 7.05 Å². The van der Waals surface area contributed by atoms with E-state index in [9.17, 15) is 19.1 Å². The van der Waals surface area contributed by atoms with Crippen LogP contribution in [0.4, 0.5) is 10.1 Å². The lowest BCUT2D eigenvalue weighted by Gasteiger charge is -2.21. The van der Waals surface area contributed by atoms with Gasteiger partial charge in [0.05, 0.1) is 18.4 Å². The third-order valence-corrected chi connectivity index (χ3v) is 5.83. The number of pyridine rings is 2. The van der Waals surface area contributed by atoms with Crippen molar-refractivity contribution < 1.29 is 19.0 Å². The third-order valence-electron chi connectivity index (χ3n) is 5.83. The van der Waals surface area contributed by atoms with Crippen LogP contribution in [0.15, 0.2) is 59.5 Å². The van der Waals surface area contributed by atoms with Crippen molar-refractivity contribution in [1.29, 1.82) is 0 Å². The number of hydrogen-bond donors (Lipinski definition) is 2. The Kier molecular flexibility index (Phi) is 6.06. The lowest BCUT2D eigenvalue weighted by Crippen LogP contribution is -2.20. The molecule has 7 nitrogen and oxygen atoms in total. The minimum atomic E-state index is -1.03. The number of aryl methyl sites for hydroxylation is 1. The fourth-order valence-corrected chi connectivity index (χ4v) is 4.14. The number of aromatic nitrogens is 2. The van der Waals surface area contributed by atoms with Gasteiger partial charge < -0.3 is 19.7 Å². The molecule has 0 aliphatic carbocycles. The smallest absolute Gasteiger partial charge is 0.337 e. The van der Waals surface area contributed by atoms with E-state index >= 15 is 0 Å². The first-order valence-electron chi connectivity index (χ1n) is 10.6. The fraction of sp³-hybridized carbons (Fsp3) is 0.192. The number of nitrogens with one attached hydrogen (secondary N) is 1. The maximum atomic E-state index is 14.4. The van der Waals surface area contributed by atoms with E-state index in [1.807, 2.05) is 32.0 Å². The van der Waals surface area contributed by atoms with E-state index in [0.717, 1.165) is 11.1 Å². The molecule has 0 spiro atoms. The zero-order valence-electron chi connectivity index (χ0n) is 19.2. The Morgan fingerprint density at radius 2 is 1.91 bits per heavy atom. The van der Waals surface area contributed by atoms with Crippen LogP contribution >= 0.6 is 0 Å². The van der Waals surface area contributed by atoms with Gasteiger partial charge in [0.1, 0.15) is 0 Å². The molecule has 0 unspecified atom stereocenters. The molecule has 0 saturated heterocycles. The van der Waals surface area contributed by atoms with Gasteiger partial charge >= 0.3 is 5.97 Å². The molecule has 4 aromatic rings. The second kappa shape index (κ2) is 8.97. The van der Waals surface area contributed by atoms with E-state index in [1.54, 1.807) is 25.2 Å². The molecule has 4 rings (SSSR count). The van der Waals surface area contributed by atoms with Gasteiger partial charge in [-0.3, -0.25) is 4.79 Å². The molecule has 2 aromatic carbocycles. The van der Waals surface area contributed by atoms with Crippen LogP contribution in [0, 0.1) is 12.7 Å².